The molecule has 0 aromatic carbocycles. The second-order valence-electron chi connectivity index (χ2n) is 9.03. The highest BCUT2D eigenvalue weighted by molar-refractivity contribution is 5.86. The molecule has 0 N–H and O–H groups in total. The second kappa shape index (κ2) is 9.72. The van der Waals surface area contributed by atoms with Crippen LogP contribution in [0.5, 0.6) is 0 Å². The average Bonchev–Trinajstić information content (AvgIpc) is 3.27. The standard InChI is InChI=1S/C24H34N4/c1-19(27-25-17-21-11-7-8-12-21)15-23(3,4)24(5,6)16-20(2)28-26-18-22-13-9-10-14-22/h7-11,13,17-18H,12,14-16H2,1-6H3/b25-17+,26-18+,27-19+,28-20+. The molecule has 0 aliphatic heterocycles. The van der Waals surface area contributed by atoms with Crippen molar-refractivity contribution in [1.82, 2.24) is 0 Å². The molecular formula is C24H34N4. The van der Waals surface area contributed by atoms with Gasteiger partial charge in [0.2, 0.25) is 0 Å². The van der Waals surface area contributed by atoms with Crippen LogP contribution in [0.3, 0.4) is 0 Å². The molecule has 150 valence electrons. The summed E-state index contributed by atoms with van der Waals surface area (Å²) in [6.45, 7) is 13.3. The van der Waals surface area contributed by atoms with Crippen LogP contribution in [0.4, 0.5) is 0 Å². The summed E-state index contributed by atoms with van der Waals surface area (Å²) in [6.07, 6.45) is 19.9. The Balaban J connectivity index is 1.93. The first-order chi connectivity index (χ1) is 13.2. The van der Waals surface area contributed by atoms with Crippen molar-refractivity contribution < 1.29 is 0 Å². The van der Waals surface area contributed by atoms with Crippen LogP contribution in [0.25, 0.3) is 0 Å². The van der Waals surface area contributed by atoms with Crippen LogP contribution in [0.1, 0.15) is 67.2 Å². The van der Waals surface area contributed by atoms with Gasteiger partial charge in [-0.1, -0.05) is 64.2 Å². The smallest absolute Gasteiger partial charge is 0.0530 e. The van der Waals surface area contributed by atoms with E-state index in [9.17, 15) is 0 Å². The highest BCUT2D eigenvalue weighted by Gasteiger charge is 2.37. The van der Waals surface area contributed by atoms with E-state index < -0.39 is 0 Å². The SMILES string of the molecule is C/C(CC(C)(C)C(C)(C)C/C(C)=N/N=C/C1=CC=CC1)=N\N=C\C1=CC=CC1. The summed E-state index contributed by atoms with van der Waals surface area (Å²) in [5.74, 6) is 0. The van der Waals surface area contributed by atoms with Crippen molar-refractivity contribution in [2.24, 2.45) is 31.2 Å². The van der Waals surface area contributed by atoms with Gasteiger partial charge in [0, 0.05) is 11.4 Å². The van der Waals surface area contributed by atoms with E-state index in [0.29, 0.717) is 0 Å². The summed E-state index contributed by atoms with van der Waals surface area (Å²) in [7, 11) is 0. The molecule has 0 aromatic rings. The molecule has 0 saturated heterocycles. The van der Waals surface area contributed by atoms with Gasteiger partial charge in [-0.15, -0.1) is 0 Å². The third kappa shape index (κ3) is 6.66. The minimum absolute atomic E-state index is 0.0582. The summed E-state index contributed by atoms with van der Waals surface area (Å²) in [5.41, 5.74) is 4.62. The van der Waals surface area contributed by atoms with E-state index in [2.05, 4.69) is 98.4 Å². The predicted octanol–water partition coefficient (Wildman–Crippen LogP) is 6.49. The zero-order valence-electron chi connectivity index (χ0n) is 18.2. The lowest BCUT2D eigenvalue weighted by Gasteiger charge is -2.42. The number of hydrogen-bond acceptors (Lipinski definition) is 4. The van der Waals surface area contributed by atoms with Crippen molar-refractivity contribution in [3.63, 3.8) is 0 Å². The van der Waals surface area contributed by atoms with Gasteiger partial charge in [-0.25, -0.2) is 0 Å². The van der Waals surface area contributed by atoms with Gasteiger partial charge in [-0.05, 0) is 61.5 Å². The Labute approximate surface area is 170 Å². The Morgan fingerprint density at radius 1 is 0.786 bits per heavy atom. The fraction of sp³-hybridized carbons (Fsp3) is 0.500. The van der Waals surface area contributed by atoms with E-state index in [1.807, 2.05) is 12.4 Å². The number of hydrogen-bond donors (Lipinski definition) is 0. The molecular weight excluding hydrogens is 344 g/mol. The molecule has 0 radical (unpaired) electrons. The highest BCUT2D eigenvalue weighted by atomic mass is 15.2. The van der Waals surface area contributed by atoms with Crippen molar-refractivity contribution in [3.05, 3.63) is 47.6 Å². The third-order valence-electron chi connectivity index (χ3n) is 5.73. The molecule has 2 aliphatic rings. The Kier molecular flexibility index (Phi) is 7.61. The molecule has 4 nitrogen and oxygen atoms in total. The predicted molar refractivity (Wildman–Crippen MR) is 124 cm³/mol. The van der Waals surface area contributed by atoms with E-state index in [1.54, 1.807) is 0 Å². The van der Waals surface area contributed by atoms with Gasteiger partial charge in [0.1, 0.15) is 0 Å². The molecule has 28 heavy (non-hydrogen) atoms. The number of nitrogens with zero attached hydrogens (tertiary/aromatic N) is 4. The lowest BCUT2D eigenvalue weighted by molar-refractivity contribution is 0.126. The van der Waals surface area contributed by atoms with Gasteiger partial charge in [0.05, 0.1) is 12.4 Å². The van der Waals surface area contributed by atoms with Crippen molar-refractivity contribution in [1.29, 1.82) is 0 Å². The molecule has 4 heteroatoms. The minimum atomic E-state index is 0.0582. The Hall–Kier alpha value is -2.36. The van der Waals surface area contributed by atoms with Crippen molar-refractivity contribution in [2.75, 3.05) is 0 Å². The van der Waals surface area contributed by atoms with Crippen LogP contribution in [-0.2, 0) is 0 Å². The molecule has 0 spiro atoms. The largest absolute Gasteiger partial charge is 0.160 e. The van der Waals surface area contributed by atoms with Gasteiger partial charge in [0.15, 0.2) is 0 Å². The molecule has 0 heterocycles. The zero-order valence-corrected chi connectivity index (χ0v) is 18.2. The molecule has 0 bridgehead atoms. The third-order valence-corrected chi connectivity index (χ3v) is 5.73. The van der Waals surface area contributed by atoms with Crippen LogP contribution in [-0.4, -0.2) is 23.9 Å². The van der Waals surface area contributed by atoms with Crippen LogP contribution in [0.2, 0.25) is 0 Å². The maximum Gasteiger partial charge on any atom is 0.0530 e. The van der Waals surface area contributed by atoms with Crippen LogP contribution in [0.15, 0.2) is 68.0 Å². The fourth-order valence-corrected chi connectivity index (χ4v) is 3.35. The van der Waals surface area contributed by atoms with E-state index in [-0.39, 0.29) is 10.8 Å². The monoisotopic (exact) mass is 378 g/mol. The maximum absolute atomic E-state index is 4.41. The summed E-state index contributed by atoms with van der Waals surface area (Å²) in [5, 5.41) is 17.3. The zero-order chi connectivity index (χ0) is 20.6. The van der Waals surface area contributed by atoms with Crippen LogP contribution >= 0.6 is 0 Å². The van der Waals surface area contributed by atoms with Gasteiger partial charge >= 0.3 is 0 Å². The Morgan fingerprint density at radius 3 is 1.50 bits per heavy atom. The quantitative estimate of drug-likeness (QED) is 0.325. The van der Waals surface area contributed by atoms with E-state index in [4.69, 9.17) is 0 Å². The lowest BCUT2D eigenvalue weighted by Crippen LogP contribution is -2.35. The van der Waals surface area contributed by atoms with Crippen LogP contribution < -0.4 is 0 Å². The first-order valence-corrected chi connectivity index (χ1v) is 10.0. The van der Waals surface area contributed by atoms with Gasteiger partial charge in [-0.2, -0.15) is 20.4 Å². The molecule has 0 aromatic heterocycles. The van der Waals surface area contributed by atoms with E-state index in [0.717, 1.165) is 37.1 Å². The van der Waals surface area contributed by atoms with Gasteiger partial charge < -0.3 is 0 Å². The minimum Gasteiger partial charge on any atom is -0.160 e. The summed E-state index contributed by atoms with van der Waals surface area (Å²) in [4.78, 5) is 0. The lowest BCUT2D eigenvalue weighted by atomic mass is 9.63. The topological polar surface area (TPSA) is 49.4 Å². The average molecular weight is 379 g/mol. The van der Waals surface area contributed by atoms with Crippen molar-refractivity contribution in [2.45, 2.75) is 67.2 Å². The van der Waals surface area contributed by atoms with Crippen LogP contribution in [0, 0.1) is 10.8 Å². The number of rotatable bonds is 9. The molecule has 2 rings (SSSR count). The fourth-order valence-electron chi connectivity index (χ4n) is 3.35. The summed E-state index contributed by atoms with van der Waals surface area (Å²) < 4.78 is 0. The molecule has 0 unspecified atom stereocenters. The molecule has 0 saturated carbocycles. The molecule has 0 amide bonds. The van der Waals surface area contributed by atoms with Gasteiger partial charge in [-0.3, -0.25) is 0 Å². The van der Waals surface area contributed by atoms with Crippen molar-refractivity contribution in [3.8, 4) is 0 Å². The normalized spacial score (nSPS) is 18.6. The first kappa shape index (κ1) is 21.9. The van der Waals surface area contributed by atoms with E-state index >= 15 is 0 Å². The summed E-state index contributed by atoms with van der Waals surface area (Å²) >= 11 is 0. The van der Waals surface area contributed by atoms with Gasteiger partial charge in [0.25, 0.3) is 0 Å². The first-order valence-electron chi connectivity index (χ1n) is 10.0. The Morgan fingerprint density at radius 2 is 1.18 bits per heavy atom. The molecule has 2 aliphatic carbocycles. The highest BCUT2D eigenvalue weighted by Crippen LogP contribution is 2.44. The second-order valence-corrected chi connectivity index (χ2v) is 9.03. The molecule has 0 atom stereocenters. The van der Waals surface area contributed by atoms with Crippen molar-refractivity contribution >= 4 is 23.9 Å². The van der Waals surface area contributed by atoms with E-state index in [1.165, 1.54) is 11.1 Å². The Bertz CT molecular complexity index is 728. The number of allylic oxidation sites excluding steroid dienone is 8. The summed E-state index contributed by atoms with van der Waals surface area (Å²) in [6, 6.07) is 0. The molecule has 0 fully saturated rings. The maximum atomic E-state index is 4.41.